The van der Waals surface area contributed by atoms with Crippen LogP contribution in [-0.4, -0.2) is 12.6 Å². The van der Waals surface area contributed by atoms with Crippen molar-refractivity contribution in [3.63, 3.8) is 0 Å². The van der Waals surface area contributed by atoms with E-state index in [0.29, 0.717) is 18.6 Å². The molecule has 2 nitrogen and oxygen atoms in total. The molecule has 0 fully saturated rings. The first-order valence-electron chi connectivity index (χ1n) is 4.06. The molecule has 0 aromatic heterocycles. The standard InChI is InChI=1S/C10H16O2/c1-5-12-10(11)9(4)7-6-8(2)3/h6H,4-5,7H2,1-3H3. The van der Waals surface area contributed by atoms with Gasteiger partial charge in [-0.05, 0) is 27.2 Å². The number of carbonyl (C=O) groups excluding carboxylic acids is 1. The Kier molecular flexibility index (Phi) is 5.09. The molecule has 0 N–H and O–H groups in total. The van der Waals surface area contributed by atoms with Gasteiger partial charge in [-0.25, -0.2) is 4.79 Å². The first-order chi connectivity index (χ1) is 5.57. The van der Waals surface area contributed by atoms with Gasteiger partial charge >= 0.3 is 5.97 Å². The van der Waals surface area contributed by atoms with E-state index in [2.05, 4.69) is 6.58 Å². The highest BCUT2D eigenvalue weighted by molar-refractivity contribution is 5.87. The normalized spacial score (nSPS) is 8.92. The van der Waals surface area contributed by atoms with Crippen molar-refractivity contribution in [3.8, 4) is 0 Å². The van der Waals surface area contributed by atoms with E-state index >= 15 is 0 Å². The SMILES string of the molecule is C=C(CC=C(C)C)C(=O)OCC. The predicted molar refractivity (Wildman–Crippen MR) is 49.8 cm³/mol. The number of rotatable bonds is 4. The minimum absolute atomic E-state index is 0.296. The zero-order valence-corrected chi connectivity index (χ0v) is 8.02. The summed E-state index contributed by atoms with van der Waals surface area (Å²) in [6.45, 7) is 9.79. The van der Waals surface area contributed by atoms with Crippen LogP contribution in [0.5, 0.6) is 0 Å². The van der Waals surface area contributed by atoms with Crippen molar-refractivity contribution < 1.29 is 9.53 Å². The molecule has 0 aliphatic carbocycles. The molecule has 2 heteroatoms. The van der Waals surface area contributed by atoms with Gasteiger partial charge in [0.25, 0.3) is 0 Å². The molecule has 0 aliphatic rings. The number of hydrogen-bond donors (Lipinski definition) is 0. The first-order valence-corrected chi connectivity index (χ1v) is 4.06. The molecule has 0 spiro atoms. The van der Waals surface area contributed by atoms with Gasteiger partial charge in [-0.3, -0.25) is 0 Å². The van der Waals surface area contributed by atoms with Crippen LogP contribution in [0.15, 0.2) is 23.8 Å². The van der Waals surface area contributed by atoms with E-state index in [1.54, 1.807) is 6.92 Å². The van der Waals surface area contributed by atoms with E-state index in [9.17, 15) is 4.79 Å². The second-order valence-corrected chi connectivity index (χ2v) is 2.81. The molecule has 0 atom stereocenters. The molecule has 12 heavy (non-hydrogen) atoms. The van der Waals surface area contributed by atoms with E-state index in [4.69, 9.17) is 4.74 Å². The number of allylic oxidation sites excluding steroid dienone is 2. The van der Waals surface area contributed by atoms with Gasteiger partial charge in [0.2, 0.25) is 0 Å². The zero-order valence-electron chi connectivity index (χ0n) is 8.02. The van der Waals surface area contributed by atoms with Crippen molar-refractivity contribution >= 4 is 5.97 Å². The molecule has 0 aromatic carbocycles. The van der Waals surface area contributed by atoms with E-state index in [1.165, 1.54) is 5.57 Å². The van der Waals surface area contributed by atoms with Gasteiger partial charge < -0.3 is 4.74 Å². The van der Waals surface area contributed by atoms with Crippen molar-refractivity contribution in [3.05, 3.63) is 23.8 Å². The fourth-order valence-electron chi connectivity index (χ4n) is 0.644. The van der Waals surface area contributed by atoms with Crippen LogP contribution in [0.4, 0.5) is 0 Å². The van der Waals surface area contributed by atoms with Crippen LogP contribution < -0.4 is 0 Å². The van der Waals surface area contributed by atoms with Gasteiger partial charge in [-0.15, -0.1) is 0 Å². The van der Waals surface area contributed by atoms with E-state index in [0.717, 1.165) is 0 Å². The second kappa shape index (κ2) is 5.58. The van der Waals surface area contributed by atoms with Crippen molar-refractivity contribution in [1.29, 1.82) is 0 Å². The van der Waals surface area contributed by atoms with E-state index in [1.807, 2.05) is 19.9 Å². The summed E-state index contributed by atoms with van der Waals surface area (Å²) >= 11 is 0. The molecule has 0 amide bonds. The highest BCUT2D eigenvalue weighted by Gasteiger charge is 2.04. The Bertz CT molecular complexity index is 198. The Labute approximate surface area is 73.9 Å². The maximum absolute atomic E-state index is 11.0. The molecule has 0 unspecified atom stereocenters. The number of carbonyl (C=O) groups is 1. The van der Waals surface area contributed by atoms with Crippen molar-refractivity contribution in [2.75, 3.05) is 6.61 Å². The van der Waals surface area contributed by atoms with Gasteiger partial charge in [0, 0.05) is 5.57 Å². The van der Waals surface area contributed by atoms with Crippen LogP contribution in [0.3, 0.4) is 0 Å². The smallest absolute Gasteiger partial charge is 0.333 e. The lowest BCUT2D eigenvalue weighted by atomic mass is 10.2. The summed E-state index contributed by atoms with van der Waals surface area (Å²) in [4.78, 5) is 11.0. The average Bonchev–Trinajstić information content (AvgIpc) is 2.00. The quantitative estimate of drug-likeness (QED) is 0.366. The number of esters is 1. The highest BCUT2D eigenvalue weighted by atomic mass is 16.5. The van der Waals surface area contributed by atoms with Crippen LogP contribution >= 0.6 is 0 Å². The van der Waals surface area contributed by atoms with Crippen molar-refractivity contribution in [2.45, 2.75) is 27.2 Å². The van der Waals surface area contributed by atoms with Gasteiger partial charge in [0.05, 0.1) is 6.61 Å². The molecule has 0 radical (unpaired) electrons. The van der Waals surface area contributed by atoms with Gasteiger partial charge in [-0.1, -0.05) is 18.2 Å². The molecule has 0 heterocycles. The molecule has 0 aromatic rings. The lowest BCUT2D eigenvalue weighted by molar-refractivity contribution is -0.138. The van der Waals surface area contributed by atoms with Crippen LogP contribution in [0, 0.1) is 0 Å². The monoisotopic (exact) mass is 168 g/mol. The summed E-state index contributed by atoms with van der Waals surface area (Å²) < 4.78 is 4.77. The molecular formula is C10H16O2. The topological polar surface area (TPSA) is 26.3 Å². The fraction of sp³-hybridized carbons (Fsp3) is 0.500. The molecule has 68 valence electrons. The third kappa shape index (κ3) is 4.72. The number of hydrogen-bond acceptors (Lipinski definition) is 2. The molecule has 0 bridgehead atoms. The Morgan fingerprint density at radius 1 is 1.50 bits per heavy atom. The first kappa shape index (κ1) is 11.0. The third-order valence-corrected chi connectivity index (χ3v) is 1.32. The molecule has 0 aliphatic heterocycles. The van der Waals surface area contributed by atoms with E-state index in [-0.39, 0.29) is 5.97 Å². The Morgan fingerprint density at radius 3 is 2.50 bits per heavy atom. The van der Waals surface area contributed by atoms with Crippen LogP contribution in [-0.2, 0) is 9.53 Å². The van der Waals surface area contributed by atoms with E-state index < -0.39 is 0 Å². The van der Waals surface area contributed by atoms with Crippen LogP contribution in [0.1, 0.15) is 27.2 Å². The summed E-state index contributed by atoms with van der Waals surface area (Å²) in [7, 11) is 0. The molecular weight excluding hydrogens is 152 g/mol. The van der Waals surface area contributed by atoms with Crippen molar-refractivity contribution in [1.82, 2.24) is 0 Å². The van der Waals surface area contributed by atoms with Crippen molar-refractivity contribution in [2.24, 2.45) is 0 Å². The zero-order chi connectivity index (χ0) is 9.56. The maximum Gasteiger partial charge on any atom is 0.333 e. The van der Waals surface area contributed by atoms with Crippen LogP contribution in [0.2, 0.25) is 0 Å². The molecule has 0 rings (SSSR count). The minimum atomic E-state index is -0.296. The Morgan fingerprint density at radius 2 is 2.08 bits per heavy atom. The summed E-state index contributed by atoms with van der Waals surface area (Å²) in [5.74, 6) is -0.296. The number of ether oxygens (including phenoxy) is 1. The lowest BCUT2D eigenvalue weighted by Gasteiger charge is -2.01. The van der Waals surface area contributed by atoms with Gasteiger partial charge in [0.15, 0.2) is 0 Å². The molecule has 0 saturated heterocycles. The summed E-state index contributed by atoms with van der Waals surface area (Å²) in [6.07, 6.45) is 2.54. The molecule has 0 saturated carbocycles. The van der Waals surface area contributed by atoms with Crippen LogP contribution in [0.25, 0.3) is 0 Å². The summed E-state index contributed by atoms with van der Waals surface area (Å²) in [5, 5.41) is 0. The maximum atomic E-state index is 11.0. The summed E-state index contributed by atoms with van der Waals surface area (Å²) in [5.41, 5.74) is 1.69. The average molecular weight is 168 g/mol. The predicted octanol–water partition coefficient (Wildman–Crippen LogP) is 2.46. The van der Waals surface area contributed by atoms with Gasteiger partial charge in [0.1, 0.15) is 0 Å². The Balaban J connectivity index is 3.88. The van der Waals surface area contributed by atoms with Gasteiger partial charge in [-0.2, -0.15) is 0 Å². The lowest BCUT2D eigenvalue weighted by Crippen LogP contribution is -2.05. The minimum Gasteiger partial charge on any atom is -0.463 e. The summed E-state index contributed by atoms with van der Waals surface area (Å²) in [6, 6.07) is 0. The Hall–Kier alpha value is -1.05. The largest absolute Gasteiger partial charge is 0.463 e. The second-order valence-electron chi connectivity index (χ2n) is 2.81. The fourth-order valence-corrected chi connectivity index (χ4v) is 0.644. The third-order valence-electron chi connectivity index (χ3n) is 1.32. The highest BCUT2D eigenvalue weighted by Crippen LogP contribution is 2.04.